The summed E-state index contributed by atoms with van der Waals surface area (Å²) in [6.45, 7) is 5.76. The summed E-state index contributed by atoms with van der Waals surface area (Å²) in [6.07, 6.45) is 7.97. The standard InChI is InChI=1S/C26H37N3O3/c1-3-5-7-8-9-17-32-24-15-11-13-22(19-24)28-20-25(30)29-23-14-10-12-21(18-23)26(31)27-16-6-4-2/h10-15,18-19,28H,3-9,16-17,20H2,1-2H3,(H,27,31)(H,29,30). The van der Waals surface area contributed by atoms with E-state index in [1.807, 2.05) is 24.3 Å². The molecule has 2 amide bonds. The van der Waals surface area contributed by atoms with Gasteiger partial charge in [-0.25, -0.2) is 0 Å². The second kappa shape index (κ2) is 14.9. The van der Waals surface area contributed by atoms with Crippen LogP contribution >= 0.6 is 0 Å². The lowest BCUT2D eigenvalue weighted by Crippen LogP contribution is -2.25. The van der Waals surface area contributed by atoms with Gasteiger partial charge in [0.25, 0.3) is 5.91 Å². The predicted octanol–water partition coefficient (Wildman–Crippen LogP) is 5.62. The number of ether oxygens (including phenoxy) is 1. The van der Waals surface area contributed by atoms with E-state index in [4.69, 9.17) is 4.74 Å². The topological polar surface area (TPSA) is 79.5 Å². The zero-order chi connectivity index (χ0) is 23.0. The predicted molar refractivity (Wildman–Crippen MR) is 131 cm³/mol. The highest BCUT2D eigenvalue weighted by molar-refractivity contribution is 5.98. The summed E-state index contributed by atoms with van der Waals surface area (Å²) in [6, 6.07) is 14.6. The molecule has 0 saturated carbocycles. The minimum Gasteiger partial charge on any atom is -0.494 e. The summed E-state index contributed by atoms with van der Waals surface area (Å²) in [5, 5.41) is 8.84. The van der Waals surface area contributed by atoms with Gasteiger partial charge in [-0.1, -0.05) is 58.1 Å². The van der Waals surface area contributed by atoms with E-state index in [-0.39, 0.29) is 18.4 Å². The van der Waals surface area contributed by atoms with Gasteiger partial charge < -0.3 is 20.7 Å². The number of nitrogens with one attached hydrogen (secondary N) is 3. The second-order valence-corrected chi connectivity index (χ2v) is 7.88. The third kappa shape index (κ3) is 9.86. The van der Waals surface area contributed by atoms with Crippen LogP contribution in [0.4, 0.5) is 11.4 Å². The molecule has 2 aromatic rings. The summed E-state index contributed by atoms with van der Waals surface area (Å²) in [7, 11) is 0. The first kappa shape index (κ1) is 25.2. The van der Waals surface area contributed by atoms with E-state index in [1.165, 1.54) is 25.7 Å². The Morgan fingerprint density at radius 3 is 2.41 bits per heavy atom. The van der Waals surface area contributed by atoms with Crippen LogP contribution in [-0.4, -0.2) is 31.5 Å². The van der Waals surface area contributed by atoms with Gasteiger partial charge >= 0.3 is 0 Å². The number of carbonyl (C=O) groups is 2. The van der Waals surface area contributed by atoms with Crippen molar-refractivity contribution in [3.63, 3.8) is 0 Å². The first-order valence-electron chi connectivity index (χ1n) is 11.8. The Labute approximate surface area is 192 Å². The van der Waals surface area contributed by atoms with E-state index in [1.54, 1.807) is 24.3 Å². The minimum absolute atomic E-state index is 0.118. The third-order valence-corrected chi connectivity index (χ3v) is 5.03. The van der Waals surface area contributed by atoms with Crippen LogP contribution in [-0.2, 0) is 4.79 Å². The lowest BCUT2D eigenvalue weighted by atomic mass is 10.2. The highest BCUT2D eigenvalue weighted by Gasteiger charge is 2.08. The van der Waals surface area contributed by atoms with Crippen LogP contribution < -0.4 is 20.7 Å². The van der Waals surface area contributed by atoms with Crippen LogP contribution in [0.25, 0.3) is 0 Å². The van der Waals surface area contributed by atoms with E-state index >= 15 is 0 Å². The highest BCUT2D eigenvalue weighted by Crippen LogP contribution is 2.18. The molecule has 0 aliphatic rings. The molecular weight excluding hydrogens is 402 g/mol. The number of amides is 2. The van der Waals surface area contributed by atoms with Crippen molar-refractivity contribution in [1.82, 2.24) is 5.32 Å². The fourth-order valence-electron chi connectivity index (χ4n) is 3.20. The van der Waals surface area contributed by atoms with Gasteiger partial charge in [-0.05, 0) is 43.2 Å². The Kier molecular flexibility index (Phi) is 11.7. The molecule has 32 heavy (non-hydrogen) atoms. The van der Waals surface area contributed by atoms with Crippen LogP contribution in [0.2, 0.25) is 0 Å². The van der Waals surface area contributed by atoms with Gasteiger partial charge in [0.1, 0.15) is 5.75 Å². The number of benzene rings is 2. The zero-order valence-electron chi connectivity index (χ0n) is 19.4. The quantitative estimate of drug-likeness (QED) is 0.315. The molecule has 0 bridgehead atoms. The van der Waals surface area contributed by atoms with Gasteiger partial charge in [-0.2, -0.15) is 0 Å². The van der Waals surface area contributed by atoms with Crippen LogP contribution in [0.5, 0.6) is 5.75 Å². The Morgan fingerprint density at radius 1 is 0.844 bits per heavy atom. The second-order valence-electron chi connectivity index (χ2n) is 7.88. The lowest BCUT2D eigenvalue weighted by molar-refractivity contribution is -0.114. The summed E-state index contributed by atoms with van der Waals surface area (Å²) >= 11 is 0. The fourth-order valence-corrected chi connectivity index (χ4v) is 3.20. The van der Waals surface area contributed by atoms with Crippen molar-refractivity contribution < 1.29 is 14.3 Å². The number of rotatable bonds is 15. The molecule has 0 aliphatic carbocycles. The average molecular weight is 440 g/mol. The Bertz CT molecular complexity index is 839. The molecule has 6 heteroatoms. The van der Waals surface area contributed by atoms with Crippen molar-refractivity contribution in [1.29, 1.82) is 0 Å². The fraction of sp³-hybridized carbons (Fsp3) is 0.462. The lowest BCUT2D eigenvalue weighted by Gasteiger charge is -2.11. The number of carbonyl (C=O) groups excluding carboxylic acids is 2. The molecule has 2 aromatic carbocycles. The van der Waals surface area contributed by atoms with Gasteiger partial charge in [0.05, 0.1) is 13.2 Å². The highest BCUT2D eigenvalue weighted by atomic mass is 16.5. The van der Waals surface area contributed by atoms with Crippen LogP contribution in [0, 0.1) is 0 Å². The van der Waals surface area contributed by atoms with E-state index < -0.39 is 0 Å². The maximum Gasteiger partial charge on any atom is 0.251 e. The Balaban J connectivity index is 1.77. The van der Waals surface area contributed by atoms with Gasteiger partial charge in [-0.15, -0.1) is 0 Å². The number of unbranched alkanes of at least 4 members (excludes halogenated alkanes) is 5. The largest absolute Gasteiger partial charge is 0.494 e. The molecule has 0 spiro atoms. The van der Waals surface area contributed by atoms with Crippen molar-refractivity contribution in [2.24, 2.45) is 0 Å². The smallest absolute Gasteiger partial charge is 0.251 e. The van der Waals surface area contributed by atoms with Crippen LogP contribution in [0.15, 0.2) is 48.5 Å². The van der Waals surface area contributed by atoms with Crippen LogP contribution in [0.3, 0.4) is 0 Å². The molecule has 0 heterocycles. The van der Waals surface area contributed by atoms with E-state index in [2.05, 4.69) is 29.8 Å². The number of anilines is 2. The molecule has 0 fully saturated rings. The maximum absolute atomic E-state index is 12.4. The molecule has 174 valence electrons. The van der Waals surface area contributed by atoms with Gasteiger partial charge in [0.2, 0.25) is 5.91 Å². The molecule has 6 nitrogen and oxygen atoms in total. The van der Waals surface area contributed by atoms with Crippen molar-refractivity contribution in [2.75, 3.05) is 30.3 Å². The summed E-state index contributed by atoms with van der Waals surface area (Å²) in [5.41, 5.74) is 1.96. The first-order chi connectivity index (χ1) is 15.6. The van der Waals surface area contributed by atoms with Crippen molar-refractivity contribution in [2.45, 2.75) is 58.8 Å². The summed E-state index contributed by atoms with van der Waals surface area (Å²) in [4.78, 5) is 24.5. The maximum atomic E-state index is 12.4. The summed E-state index contributed by atoms with van der Waals surface area (Å²) < 4.78 is 5.82. The van der Waals surface area contributed by atoms with Gasteiger partial charge in [0.15, 0.2) is 0 Å². The average Bonchev–Trinajstić information content (AvgIpc) is 2.80. The minimum atomic E-state index is -0.184. The van der Waals surface area contributed by atoms with Crippen molar-refractivity contribution in [3.8, 4) is 5.75 Å². The summed E-state index contributed by atoms with van der Waals surface area (Å²) in [5.74, 6) is 0.485. The van der Waals surface area contributed by atoms with Crippen molar-refractivity contribution in [3.05, 3.63) is 54.1 Å². The van der Waals surface area contributed by atoms with E-state index in [9.17, 15) is 9.59 Å². The molecule has 0 atom stereocenters. The zero-order valence-corrected chi connectivity index (χ0v) is 19.4. The molecular formula is C26H37N3O3. The molecule has 0 saturated heterocycles. The monoisotopic (exact) mass is 439 g/mol. The molecule has 2 rings (SSSR count). The molecule has 0 radical (unpaired) electrons. The van der Waals surface area contributed by atoms with Crippen molar-refractivity contribution >= 4 is 23.2 Å². The SMILES string of the molecule is CCCCCCCOc1cccc(NCC(=O)Nc2cccc(C(=O)NCCCC)c2)c1. The third-order valence-electron chi connectivity index (χ3n) is 5.03. The van der Waals surface area contributed by atoms with Crippen LogP contribution in [0.1, 0.15) is 69.2 Å². The molecule has 3 N–H and O–H groups in total. The molecule has 0 aliphatic heterocycles. The molecule has 0 unspecified atom stereocenters. The molecule has 0 aromatic heterocycles. The number of hydrogen-bond acceptors (Lipinski definition) is 4. The Morgan fingerprint density at radius 2 is 1.59 bits per heavy atom. The normalized spacial score (nSPS) is 10.4. The Hall–Kier alpha value is -3.02. The van der Waals surface area contributed by atoms with E-state index in [0.29, 0.717) is 24.4 Å². The first-order valence-corrected chi connectivity index (χ1v) is 11.8. The van der Waals surface area contributed by atoms with Gasteiger partial charge in [0, 0.05) is 29.5 Å². The van der Waals surface area contributed by atoms with Gasteiger partial charge in [-0.3, -0.25) is 9.59 Å². The van der Waals surface area contributed by atoms with E-state index in [0.717, 1.165) is 30.7 Å². The number of hydrogen-bond donors (Lipinski definition) is 3.